The van der Waals surface area contributed by atoms with E-state index in [2.05, 4.69) is 94.4 Å². The van der Waals surface area contributed by atoms with E-state index in [1.807, 2.05) is 54.4 Å². The van der Waals surface area contributed by atoms with Crippen molar-refractivity contribution in [1.82, 2.24) is 0 Å². The summed E-state index contributed by atoms with van der Waals surface area (Å²) in [6.07, 6.45) is 4.33. The van der Waals surface area contributed by atoms with E-state index >= 15 is 0 Å². The Hall–Kier alpha value is -1.81. The molecule has 35 heavy (non-hydrogen) atoms. The van der Waals surface area contributed by atoms with Gasteiger partial charge in [0.1, 0.15) is 0 Å². The summed E-state index contributed by atoms with van der Waals surface area (Å²) in [5.74, 6) is 0.560. The third-order valence-corrected chi connectivity index (χ3v) is 6.04. The Labute approximate surface area is 238 Å². The molecule has 1 aliphatic carbocycles. The monoisotopic (exact) mass is 649 g/mol. The van der Waals surface area contributed by atoms with E-state index in [-0.39, 0.29) is 39.3 Å². The van der Waals surface area contributed by atoms with E-state index in [9.17, 15) is 0 Å². The molecule has 0 bridgehead atoms. The number of hydrogen-bond acceptors (Lipinski definition) is 0. The van der Waals surface area contributed by atoms with Gasteiger partial charge >= 0.3 is 0 Å². The minimum Gasteiger partial charge on any atom is -0.675 e. The molecule has 4 rings (SSSR count). The predicted molar refractivity (Wildman–Crippen MR) is 157 cm³/mol. The molecule has 0 saturated carbocycles. The van der Waals surface area contributed by atoms with Crippen LogP contribution in [0.25, 0.3) is 16.9 Å². The van der Waals surface area contributed by atoms with Crippen LogP contribution in [0, 0.1) is 19.4 Å². The molecule has 0 amide bonds. The van der Waals surface area contributed by atoms with Crippen molar-refractivity contribution in [3.05, 3.63) is 127 Å². The minimum atomic E-state index is 0. The molecule has 0 aromatic heterocycles. The Kier molecular flexibility index (Phi) is 20.6. The van der Waals surface area contributed by atoms with Crippen LogP contribution in [0.5, 0.6) is 0 Å². The second-order valence-electron chi connectivity index (χ2n) is 8.33. The molecule has 0 fully saturated rings. The molecule has 3 aromatic carbocycles. The average molecular weight is 648 g/mol. The summed E-state index contributed by atoms with van der Waals surface area (Å²) in [5.41, 5.74) is 13.6. The molecule has 1 radical (unpaired) electrons. The minimum absolute atomic E-state index is 0. The summed E-state index contributed by atoms with van der Waals surface area (Å²) in [7, 11) is 1.90. The van der Waals surface area contributed by atoms with Gasteiger partial charge in [-0.05, 0) is 11.1 Å². The number of rotatable bonds is 2. The maximum absolute atomic E-state index is 6.83. The zero-order valence-corrected chi connectivity index (χ0v) is 27.7. The van der Waals surface area contributed by atoms with Gasteiger partial charge in [-0.1, -0.05) is 143 Å². The van der Waals surface area contributed by atoms with Crippen LogP contribution in [-0.4, -0.2) is 16.3 Å². The van der Waals surface area contributed by atoms with Gasteiger partial charge in [0, 0.05) is 36.1 Å². The Morgan fingerprint density at radius 1 is 0.800 bits per heavy atom. The molecule has 0 heterocycles. The van der Waals surface area contributed by atoms with Crippen LogP contribution in [0.3, 0.4) is 0 Å². The first-order chi connectivity index (χ1) is 15.8. The number of nitrogens with one attached hydrogen (secondary N) is 1. The standard InChI is InChI=1S/C12H10.C9H13.C6H7Si.C4H10N.CH3.Hf/c1-3-7-11(8-4-1)12-9-5-2-6-10-12;1-6-5-7(2)9(4)8(6)3;7-6-4-2-1-3-5-6;1-3-4(2)5;;/h1-10H;6H,1-4H3;1-5H,7H2;4-5H,3H2,1-2H3;1H3;/q;-1;;2*-1;. The van der Waals surface area contributed by atoms with Crippen molar-refractivity contribution in [1.29, 1.82) is 0 Å². The summed E-state index contributed by atoms with van der Waals surface area (Å²) in [4.78, 5) is 0. The maximum Gasteiger partial charge on any atom is 0.0477 e. The zero-order chi connectivity index (χ0) is 24.6. The fourth-order valence-electron chi connectivity index (χ4n) is 2.90. The summed E-state index contributed by atoms with van der Waals surface area (Å²) < 4.78 is 0. The maximum atomic E-state index is 6.83. The second kappa shape index (κ2) is 20.4. The molecule has 0 saturated heterocycles. The molecular formula is C32H43HfNSi-3. The van der Waals surface area contributed by atoms with E-state index in [1.165, 1.54) is 33.0 Å². The molecular weight excluding hydrogens is 605 g/mol. The van der Waals surface area contributed by atoms with Crippen LogP contribution in [0.1, 0.15) is 48.0 Å². The zero-order valence-electron chi connectivity index (χ0n) is 22.7. The number of hydrogen-bond donors (Lipinski definition) is 0. The van der Waals surface area contributed by atoms with Gasteiger partial charge in [-0.2, -0.15) is 11.1 Å². The van der Waals surface area contributed by atoms with Crippen LogP contribution < -0.4 is 5.19 Å². The average Bonchev–Trinajstić information content (AvgIpc) is 3.07. The normalized spacial score (nSPS) is 14.2. The fourth-order valence-corrected chi connectivity index (χ4v) is 3.17. The molecule has 1 aliphatic rings. The first-order valence-electron chi connectivity index (χ1n) is 11.7. The van der Waals surface area contributed by atoms with Gasteiger partial charge in [0.05, 0.1) is 0 Å². The molecule has 1 nitrogen and oxygen atoms in total. The topological polar surface area (TPSA) is 23.8 Å². The SMILES string of the molecule is CC1=[C-]C(C)C(C)=C1C.CCC(C)[NH-].[CH3-].[Hf].[SiH2]c1ccccc1.c1ccc(-c2ccccc2)cc1. The summed E-state index contributed by atoms with van der Waals surface area (Å²) >= 11 is 0. The largest absolute Gasteiger partial charge is 0.675 e. The molecule has 0 aliphatic heterocycles. The third-order valence-electron chi connectivity index (χ3n) is 5.57. The number of benzene rings is 3. The van der Waals surface area contributed by atoms with Gasteiger partial charge in [-0.25, -0.2) is 5.57 Å². The van der Waals surface area contributed by atoms with Crippen LogP contribution >= 0.6 is 0 Å². The van der Waals surface area contributed by atoms with Gasteiger partial charge < -0.3 is 13.2 Å². The first-order valence-corrected chi connectivity index (χ1v) is 12.4. The molecule has 187 valence electrons. The quantitative estimate of drug-likeness (QED) is 0.197. The third kappa shape index (κ3) is 15.0. The van der Waals surface area contributed by atoms with E-state index in [0.29, 0.717) is 5.92 Å². The van der Waals surface area contributed by atoms with Crippen molar-refractivity contribution in [2.45, 2.75) is 54.0 Å². The van der Waals surface area contributed by atoms with E-state index in [0.717, 1.165) is 6.42 Å². The van der Waals surface area contributed by atoms with Crippen molar-refractivity contribution in [2.24, 2.45) is 5.92 Å². The van der Waals surface area contributed by atoms with E-state index in [4.69, 9.17) is 5.73 Å². The Morgan fingerprint density at radius 3 is 1.31 bits per heavy atom. The summed E-state index contributed by atoms with van der Waals surface area (Å²) in [5, 5.41) is 1.35. The Morgan fingerprint density at radius 2 is 1.14 bits per heavy atom. The molecule has 1 N–H and O–H groups in total. The van der Waals surface area contributed by atoms with Crippen LogP contribution in [0.4, 0.5) is 0 Å². The first kappa shape index (κ1) is 35.3. The van der Waals surface area contributed by atoms with Crippen molar-refractivity contribution in [3.63, 3.8) is 0 Å². The van der Waals surface area contributed by atoms with Gasteiger partial charge in [0.25, 0.3) is 0 Å². The molecule has 2 unspecified atom stereocenters. The number of allylic oxidation sites excluding steroid dienone is 4. The van der Waals surface area contributed by atoms with Crippen molar-refractivity contribution in [3.8, 4) is 11.1 Å². The van der Waals surface area contributed by atoms with Gasteiger partial charge in [-0.15, -0.1) is 13.0 Å². The van der Waals surface area contributed by atoms with Gasteiger partial charge in [-0.3, -0.25) is 6.08 Å². The smallest absolute Gasteiger partial charge is 0.0477 e. The second-order valence-corrected chi connectivity index (χ2v) is 9.14. The summed E-state index contributed by atoms with van der Waals surface area (Å²) in [6, 6.07) is 31.2. The molecule has 3 aromatic rings. The molecule has 0 spiro atoms. The Bertz CT molecular complexity index is 927. The fraction of sp³-hybridized carbons (Fsp3) is 0.281. The van der Waals surface area contributed by atoms with E-state index in [1.54, 1.807) is 0 Å². The van der Waals surface area contributed by atoms with Gasteiger partial charge in [0.15, 0.2) is 0 Å². The Balaban J connectivity index is 0. The van der Waals surface area contributed by atoms with Crippen molar-refractivity contribution in [2.75, 3.05) is 0 Å². The van der Waals surface area contributed by atoms with E-state index < -0.39 is 0 Å². The molecule has 3 heteroatoms. The van der Waals surface area contributed by atoms with Crippen molar-refractivity contribution >= 4 is 15.4 Å². The van der Waals surface area contributed by atoms with Crippen LogP contribution in [0.2, 0.25) is 0 Å². The predicted octanol–water partition coefficient (Wildman–Crippen LogP) is 8.31. The molecule has 2 atom stereocenters. The van der Waals surface area contributed by atoms with Crippen LogP contribution in [-0.2, 0) is 25.8 Å². The van der Waals surface area contributed by atoms with Crippen LogP contribution in [0.15, 0.2) is 108 Å². The van der Waals surface area contributed by atoms with Gasteiger partial charge in [0.2, 0.25) is 0 Å². The summed E-state index contributed by atoms with van der Waals surface area (Å²) in [6.45, 7) is 12.6. The van der Waals surface area contributed by atoms with Crippen molar-refractivity contribution < 1.29 is 25.8 Å².